The lowest BCUT2D eigenvalue weighted by molar-refractivity contribution is -0.141. The van der Waals surface area contributed by atoms with Crippen LogP contribution in [0.4, 0.5) is 4.79 Å². The molecule has 0 spiro atoms. The molecule has 2 unspecified atom stereocenters. The van der Waals surface area contributed by atoms with Gasteiger partial charge in [0.25, 0.3) is 0 Å². The highest BCUT2D eigenvalue weighted by Crippen LogP contribution is 2.26. The maximum absolute atomic E-state index is 13.1. The van der Waals surface area contributed by atoms with E-state index in [0.29, 0.717) is 13.0 Å². The second-order valence-electron chi connectivity index (χ2n) is 8.06. The molecule has 7 heteroatoms. The fraction of sp³-hybridized carbons (Fsp3) is 0.833. The van der Waals surface area contributed by atoms with Crippen molar-refractivity contribution in [3.8, 4) is 0 Å². The van der Waals surface area contributed by atoms with Crippen molar-refractivity contribution in [2.24, 2.45) is 5.41 Å². The SMILES string of the molecule is CNC(=O)C1CCCN1C(=O)C(NC(=O)OC1CCCC1)C(C)(C)C. The molecule has 2 aliphatic rings. The molecule has 25 heavy (non-hydrogen) atoms. The van der Waals surface area contributed by atoms with E-state index in [1.54, 1.807) is 11.9 Å². The summed E-state index contributed by atoms with van der Waals surface area (Å²) in [4.78, 5) is 39.0. The Labute approximate surface area is 149 Å². The first-order valence-corrected chi connectivity index (χ1v) is 9.23. The van der Waals surface area contributed by atoms with Crippen LogP contribution in [0.1, 0.15) is 59.3 Å². The summed E-state index contributed by atoms with van der Waals surface area (Å²) >= 11 is 0. The third kappa shape index (κ3) is 4.86. The summed E-state index contributed by atoms with van der Waals surface area (Å²) in [5.41, 5.74) is -0.485. The number of likely N-dealkylation sites (tertiary alicyclic amines) is 1. The van der Waals surface area contributed by atoms with Gasteiger partial charge < -0.3 is 20.3 Å². The van der Waals surface area contributed by atoms with E-state index < -0.39 is 23.6 Å². The zero-order valence-corrected chi connectivity index (χ0v) is 15.8. The lowest BCUT2D eigenvalue weighted by Gasteiger charge is -2.35. The van der Waals surface area contributed by atoms with Gasteiger partial charge >= 0.3 is 6.09 Å². The summed E-state index contributed by atoms with van der Waals surface area (Å²) in [6.45, 7) is 6.23. The first kappa shape index (κ1) is 19.5. The summed E-state index contributed by atoms with van der Waals surface area (Å²) < 4.78 is 5.45. The van der Waals surface area contributed by atoms with Crippen molar-refractivity contribution < 1.29 is 19.1 Å². The van der Waals surface area contributed by atoms with E-state index >= 15 is 0 Å². The summed E-state index contributed by atoms with van der Waals surface area (Å²) in [6.07, 6.45) is 4.74. The molecule has 2 fully saturated rings. The molecule has 2 atom stereocenters. The molecule has 0 aromatic heterocycles. The first-order chi connectivity index (χ1) is 11.7. The van der Waals surface area contributed by atoms with Crippen molar-refractivity contribution in [3.05, 3.63) is 0 Å². The molecule has 2 N–H and O–H groups in total. The molecule has 7 nitrogen and oxygen atoms in total. The van der Waals surface area contributed by atoms with Gasteiger partial charge in [-0.1, -0.05) is 20.8 Å². The van der Waals surface area contributed by atoms with Crippen LogP contribution in [0.2, 0.25) is 0 Å². The van der Waals surface area contributed by atoms with Gasteiger partial charge in [-0.2, -0.15) is 0 Å². The Morgan fingerprint density at radius 2 is 1.72 bits per heavy atom. The molecule has 1 aliphatic carbocycles. The molecular formula is C18H31N3O4. The number of amides is 3. The molecule has 0 radical (unpaired) electrons. The van der Waals surface area contributed by atoms with Gasteiger partial charge in [-0.15, -0.1) is 0 Å². The average molecular weight is 353 g/mol. The van der Waals surface area contributed by atoms with Crippen LogP contribution in [-0.4, -0.2) is 54.6 Å². The van der Waals surface area contributed by atoms with Crippen molar-refractivity contribution >= 4 is 17.9 Å². The van der Waals surface area contributed by atoms with Crippen LogP contribution in [0.3, 0.4) is 0 Å². The van der Waals surface area contributed by atoms with Crippen molar-refractivity contribution in [2.75, 3.05) is 13.6 Å². The largest absolute Gasteiger partial charge is 0.446 e. The molecule has 1 saturated heterocycles. The maximum atomic E-state index is 13.1. The number of hydrogen-bond acceptors (Lipinski definition) is 4. The highest BCUT2D eigenvalue weighted by atomic mass is 16.6. The molecule has 142 valence electrons. The van der Waals surface area contributed by atoms with Crippen LogP contribution >= 0.6 is 0 Å². The van der Waals surface area contributed by atoms with Gasteiger partial charge in [0, 0.05) is 13.6 Å². The van der Waals surface area contributed by atoms with Crippen LogP contribution in [-0.2, 0) is 14.3 Å². The lowest BCUT2D eigenvalue weighted by Crippen LogP contribution is -2.57. The maximum Gasteiger partial charge on any atom is 0.408 e. The van der Waals surface area contributed by atoms with E-state index in [1.807, 2.05) is 20.8 Å². The number of hydrogen-bond donors (Lipinski definition) is 2. The van der Waals surface area contributed by atoms with E-state index in [0.717, 1.165) is 32.1 Å². The minimum absolute atomic E-state index is 0.0545. The monoisotopic (exact) mass is 353 g/mol. The molecule has 1 saturated carbocycles. The molecule has 1 aliphatic heterocycles. The van der Waals surface area contributed by atoms with E-state index in [4.69, 9.17) is 4.74 Å². The molecule has 0 bridgehead atoms. The number of ether oxygens (including phenoxy) is 1. The third-order valence-electron chi connectivity index (χ3n) is 5.04. The Morgan fingerprint density at radius 1 is 1.08 bits per heavy atom. The van der Waals surface area contributed by atoms with Crippen molar-refractivity contribution in [1.82, 2.24) is 15.5 Å². The Kier molecular flexibility index (Phi) is 6.30. The third-order valence-corrected chi connectivity index (χ3v) is 5.04. The predicted octanol–water partition coefficient (Wildman–Crippen LogP) is 1.81. The first-order valence-electron chi connectivity index (χ1n) is 9.23. The normalized spacial score (nSPS) is 22.6. The minimum atomic E-state index is -0.730. The van der Waals surface area contributed by atoms with Crippen molar-refractivity contribution in [3.63, 3.8) is 0 Å². The summed E-state index contributed by atoms with van der Waals surface area (Å²) in [5, 5.41) is 5.37. The molecule has 3 amide bonds. The van der Waals surface area contributed by atoms with Crippen LogP contribution in [0.5, 0.6) is 0 Å². The van der Waals surface area contributed by atoms with Gasteiger partial charge in [0.05, 0.1) is 0 Å². The molecular weight excluding hydrogens is 322 g/mol. The summed E-state index contributed by atoms with van der Waals surface area (Å²) in [6, 6.07) is -1.19. The fourth-order valence-electron chi connectivity index (χ4n) is 3.59. The average Bonchev–Trinajstić information content (AvgIpc) is 3.21. The van der Waals surface area contributed by atoms with Gasteiger partial charge in [0.1, 0.15) is 18.2 Å². The van der Waals surface area contributed by atoms with E-state index in [9.17, 15) is 14.4 Å². The smallest absolute Gasteiger partial charge is 0.408 e. The molecule has 1 heterocycles. The van der Waals surface area contributed by atoms with Gasteiger partial charge in [-0.25, -0.2) is 4.79 Å². The zero-order valence-electron chi connectivity index (χ0n) is 15.8. The second kappa shape index (κ2) is 8.06. The number of likely N-dealkylation sites (N-methyl/N-ethyl adjacent to an activating group) is 1. The lowest BCUT2D eigenvalue weighted by atomic mass is 9.85. The highest BCUT2D eigenvalue weighted by molar-refractivity contribution is 5.92. The second-order valence-corrected chi connectivity index (χ2v) is 8.06. The van der Waals surface area contributed by atoms with Gasteiger partial charge in [0.15, 0.2) is 0 Å². The quantitative estimate of drug-likeness (QED) is 0.807. The Morgan fingerprint density at radius 3 is 2.28 bits per heavy atom. The van der Waals surface area contributed by atoms with Gasteiger partial charge in [0.2, 0.25) is 11.8 Å². The Balaban J connectivity index is 2.06. The van der Waals surface area contributed by atoms with Gasteiger partial charge in [-0.05, 0) is 43.9 Å². The number of nitrogens with one attached hydrogen (secondary N) is 2. The zero-order chi connectivity index (χ0) is 18.6. The Hall–Kier alpha value is -1.79. The highest BCUT2D eigenvalue weighted by Gasteiger charge is 2.42. The topological polar surface area (TPSA) is 87.7 Å². The fourth-order valence-corrected chi connectivity index (χ4v) is 3.59. The van der Waals surface area contributed by atoms with Crippen molar-refractivity contribution in [1.29, 1.82) is 0 Å². The number of alkyl carbamates (subject to hydrolysis) is 1. The van der Waals surface area contributed by atoms with Crippen molar-refractivity contribution in [2.45, 2.75) is 77.5 Å². The van der Waals surface area contributed by atoms with Crippen LogP contribution < -0.4 is 10.6 Å². The van der Waals surface area contributed by atoms with Crippen LogP contribution in [0.15, 0.2) is 0 Å². The number of carbonyl (C=O) groups excluding carboxylic acids is 3. The van der Waals surface area contributed by atoms with Crippen LogP contribution in [0, 0.1) is 5.41 Å². The predicted molar refractivity (Wildman–Crippen MR) is 93.9 cm³/mol. The Bertz CT molecular complexity index is 509. The molecule has 0 aromatic rings. The number of carbonyl (C=O) groups is 3. The number of nitrogens with zero attached hydrogens (tertiary/aromatic N) is 1. The minimum Gasteiger partial charge on any atom is -0.446 e. The van der Waals surface area contributed by atoms with E-state index in [1.165, 1.54) is 0 Å². The number of rotatable bonds is 4. The summed E-state index contributed by atoms with van der Waals surface area (Å²) in [5.74, 6) is -0.381. The van der Waals surface area contributed by atoms with Crippen LogP contribution in [0.25, 0.3) is 0 Å². The molecule has 0 aromatic carbocycles. The van der Waals surface area contributed by atoms with E-state index in [-0.39, 0.29) is 17.9 Å². The summed E-state index contributed by atoms with van der Waals surface area (Å²) in [7, 11) is 1.57. The van der Waals surface area contributed by atoms with Gasteiger partial charge in [-0.3, -0.25) is 9.59 Å². The standard InChI is InChI=1S/C18H31N3O4/c1-18(2,3)14(20-17(24)25-12-8-5-6-9-12)16(23)21-11-7-10-13(21)15(22)19-4/h12-14H,5-11H2,1-4H3,(H,19,22)(H,20,24). The molecule has 2 rings (SSSR count). The van der Waals surface area contributed by atoms with E-state index in [2.05, 4.69) is 10.6 Å².